The van der Waals surface area contributed by atoms with Gasteiger partial charge < -0.3 is 5.32 Å². The molecule has 0 aliphatic carbocycles. The molecule has 2 aromatic rings. The molecule has 0 aliphatic rings. The molecule has 1 aromatic heterocycles. The summed E-state index contributed by atoms with van der Waals surface area (Å²) in [5, 5.41) is 7.38. The van der Waals surface area contributed by atoms with Gasteiger partial charge in [0.1, 0.15) is 0 Å². The Morgan fingerprint density at radius 2 is 1.94 bits per heavy atom. The molecule has 0 spiro atoms. The van der Waals surface area contributed by atoms with Gasteiger partial charge in [0.15, 0.2) is 0 Å². The van der Waals surface area contributed by atoms with E-state index in [1.54, 1.807) is 0 Å². The van der Waals surface area contributed by atoms with Crippen LogP contribution in [0.4, 0.5) is 0 Å². The highest BCUT2D eigenvalue weighted by atomic mass is 32.1. The zero-order valence-corrected chi connectivity index (χ0v) is 12.6. The van der Waals surface area contributed by atoms with E-state index in [9.17, 15) is 0 Å². The predicted octanol–water partition coefficient (Wildman–Crippen LogP) is 4.99. The maximum Gasteiger partial charge on any atom is 0.0346 e. The Kier molecular flexibility index (Phi) is 4.08. The molecule has 0 saturated carbocycles. The fourth-order valence-corrected chi connectivity index (χ4v) is 3.43. The van der Waals surface area contributed by atoms with Gasteiger partial charge in [0.05, 0.1) is 0 Å². The maximum absolute atomic E-state index is 3.64. The highest BCUT2D eigenvalue weighted by molar-refractivity contribution is 7.17. The van der Waals surface area contributed by atoms with Crippen molar-refractivity contribution in [2.45, 2.75) is 40.2 Å². The average Bonchev–Trinajstić information content (AvgIpc) is 2.70. The third-order valence-electron chi connectivity index (χ3n) is 3.15. The normalized spacial score (nSPS) is 14.0. The molecule has 98 valence electrons. The lowest BCUT2D eigenvalue weighted by Crippen LogP contribution is -2.25. The number of fused-ring (bicyclic) bond motifs is 1. The fraction of sp³-hybridized carbons (Fsp3) is 0.500. The van der Waals surface area contributed by atoms with Gasteiger partial charge in [0.25, 0.3) is 0 Å². The number of thiophene rings is 1. The van der Waals surface area contributed by atoms with Crippen LogP contribution in [0.1, 0.15) is 45.7 Å². The predicted molar refractivity (Wildman–Crippen MR) is 82.3 cm³/mol. The summed E-state index contributed by atoms with van der Waals surface area (Å²) < 4.78 is 1.39. The third-order valence-corrected chi connectivity index (χ3v) is 4.14. The number of hydrogen-bond donors (Lipinski definition) is 1. The van der Waals surface area contributed by atoms with E-state index in [-0.39, 0.29) is 0 Å². The van der Waals surface area contributed by atoms with Crippen LogP contribution in [0.5, 0.6) is 0 Å². The van der Waals surface area contributed by atoms with Crippen molar-refractivity contribution in [1.29, 1.82) is 0 Å². The molecule has 0 saturated heterocycles. The van der Waals surface area contributed by atoms with Gasteiger partial charge in [-0.25, -0.2) is 0 Å². The molecule has 0 amide bonds. The van der Waals surface area contributed by atoms with Crippen molar-refractivity contribution < 1.29 is 0 Å². The van der Waals surface area contributed by atoms with Gasteiger partial charge in [-0.15, -0.1) is 11.3 Å². The Balaban J connectivity index is 2.35. The van der Waals surface area contributed by atoms with Crippen molar-refractivity contribution in [3.8, 4) is 0 Å². The van der Waals surface area contributed by atoms with Crippen molar-refractivity contribution in [2.24, 2.45) is 5.41 Å². The average molecular weight is 261 g/mol. The Bertz CT molecular complexity index is 507. The number of benzene rings is 1. The Morgan fingerprint density at radius 3 is 2.61 bits per heavy atom. The van der Waals surface area contributed by atoms with E-state index in [1.165, 1.54) is 22.1 Å². The molecular weight excluding hydrogens is 238 g/mol. The van der Waals surface area contributed by atoms with Gasteiger partial charge in [0.2, 0.25) is 0 Å². The molecule has 1 N–H and O–H groups in total. The van der Waals surface area contributed by atoms with E-state index in [2.05, 4.69) is 62.7 Å². The number of rotatable bonds is 4. The molecule has 0 radical (unpaired) electrons. The standard InChI is InChI=1S/C16H23NS/c1-5-17-14(10-16(2,3)4)13-11-18-15-9-7-6-8-12(13)15/h6-9,11,14,17H,5,10H2,1-4H3. The zero-order valence-electron chi connectivity index (χ0n) is 11.8. The van der Waals surface area contributed by atoms with E-state index >= 15 is 0 Å². The Labute approximate surface area is 114 Å². The topological polar surface area (TPSA) is 12.0 Å². The second-order valence-corrected chi connectivity index (χ2v) is 6.97. The first-order chi connectivity index (χ1) is 8.51. The van der Waals surface area contributed by atoms with Crippen molar-refractivity contribution in [2.75, 3.05) is 6.54 Å². The van der Waals surface area contributed by atoms with E-state index < -0.39 is 0 Å². The lowest BCUT2D eigenvalue weighted by atomic mass is 9.85. The van der Waals surface area contributed by atoms with Crippen LogP contribution in [0.3, 0.4) is 0 Å². The number of nitrogens with one attached hydrogen (secondary N) is 1. The van der Waals surface area contributed by atoms with E-state index in [4.69, 9.17) is 0 Å². The van der Waals surface area contributed by atoms with Crippen LogP contribution in [0.2, 0.25) is 0 Å². The molecule has 18 heavy (non-hydrogen) atoms. The second kappa shape index (κ2) is 5.41. The Morgan fingerprint density at radius 1 is 1.22 bits per heavy atom. The van der Waals surface area contributed by atoms with Gasteiger partial charge in [-0.1, -0.05) is 45.9 Å². The quantitative estimate of drug-likeness (QED) is 0.817. The largest absolute Gasteiger partial charge is 0.310 e. The summed E-state index contributed by atoms with van der Waals surface area (Å²) in [7, 11) is 0. The van der Waals surface area contributed by atoms with Gasteiger partial charge in [-0.3, -0.25) is 0 Å². The molecule has 1 nitrogen and oxygen atoms in total. The molecule has 1 aromatic carbocycles. The highest BCUT2D eigenvalue weighted by Crippen LogP contribution is 2.36. The third kappa shape index (κ3) is 3.12. The minimum absolute atomic E-state index is 0.343. The second-order valence-electron chi connectivity index (χ2n) is 6.06. The van der Waals surface area contributed by atoms with Crippen LogP contribution in [-0.4, -0.2) is 6.54 Å². The maximum atomic E-state index is 3.64. The van der Waals surface area contributed by atoms with Crippen molar-refractivity contribution in [3.05, 3.63) is 35.2 Å². The SMILES string of the molecule is CCNC(CC(C)(C)C)c1csc2ccccc12. The summed E-state index contributed by atoms with van der Waals surface area (Å²) in [6, 6.07) is 9.18. The van der Waals surface area contributed by atoms with Crippen LogP contribution >= 0.6 is 11.3 Å². The molecule has 0 aliphatic heterocycles. The summed E-state index contributed by atoms with van der Waals surface area (Å²) in [5.41, 5.74) is 1.81. The summed E-state index contributed by atoms with van der Waals surface area (Å²) >= 11 is 1.85. The summed E-state index contributed by atoms with van der Waals surface area (Å²) in [6.07, 6.45) is 1.17. The first-order valence-corrected chi connectivity index (χ1v) is 7.59. The summed E-state index contributed by atoms with van der Waals surface area (Å²) in [5.74, 6) is 0. The smallest absolute Gasteiger partial charge is 0.0346 e. The van der Waals surface area contributed by atoms with Crippen molar-refractivity contribution in [3.63, 3.8) is 0 Å². The Hall–Kier alpha value is -0.860. The molecule has 2 heteroatoms. The molecule has 1 heterocycles. The summed E-state index contributed by atoms with van der Waals surface area (Å²) in [6.45, 7) is 10.1. The monoisotopic (exact) mass is 261 g/mol. The van der Waals surface area contributed by atoms with Gasteiger partial charge in [-0.05, 0) is 40.8 Å². The minimum atomic E-state index is 0.343. The first kappa shape index (κ1) is 13.6. The van der Waals surface area contributed by atoms with Crippen LogP contribution < -0.4 is 5.32 Å². The summed E-state index contributed by atoms with van der Waals surface area (Å²) in [4.78, 5) is 0. The van der Waals surface area contributed by atoms with Crippen LogP contribution in [-0.2, 0) is 0 Å². The molecule has 1 atom stereocenters. The van der Waals surface area contributed by atoms with Crippen molar-refractivity contribution in [1.82, 2.24) is 5.32 Å². The van der Waals surface area contributed by atoms with E-state index in [1.807, 2.05) is 11.3 Å². The van der Waals surface area contributed by atoms with Crippen LogP contribution in [0.25, 0.3) is 10.1 Å². The van der Waals surface area contributed by atoms with Crippen molar-refractivity contribution >= 4 is 21.4 Å². The number of hydrogen-bond acceptors (Lipinski definition) is 2. The highest BCUT2D eigenvalue weighted by Gasteiger charge is 2.21. The van der Waals surface area contributed by atoms with Crippen LogP contribution in [0, 0.1) is 5.41 Å². The fourth-order valence-electron chi connectivity index (χ4n) is 2.42. The van der Waals surface area contributed by atoms with Gasteiger partial charge in [0, 0.05) is 10.7 Å². The first-order valence-electron chi connectivity index (χ1n) is 6.71. The molecule has 2 rings (SSSR count). The van der Waals surface area contributed by atoms with Gasteiger partial charge in [-0.2, -0.15) is 0 Å². The van der Waals surface area contributed by atoms with E-state index in [0.717, 1.165) is 6.54 Å². The molecule has 0 fully saturated rings. The zero-order chi connectivity index (χ0) is 13.2. The minimum Gasteiger partial charge on any atom is -0.310 e. The van der Waals surface area contributed by atoms with Gasteiger partial charge >= 0.3 is 0 Å². The molecule has 0 bridgehead atoms. The lowest BCUT2D eigenvalue weighted by molar-refractivity contribution is 0.315. The lowest BCUT2D eigenvalue weighted by Gasteiger charge is -2.26. The van der Waals surface area contributed by atoms with Crippen LogP contribution in [0.15, 0.2) is 29.6 Å². The molecule has 1 unspecified atom stereocenters. The molecular formula is C16H23NS. The van der Waals surface area contributed by atoms with E-state index in [0.29, 0.717) is 11.5 Å².